The van der Waals surface area contributed by atoms with Crippen LogP contribution in [0.25, 0.3) is 10.9 Å². The SMILES string of the molecule is CCc1[nH]c2cccc(C(C)N)c2c1Br. The molecule has 0 saturated carbocycles. The number of fused-ring (bicyclic) bond motifs is 1. The maximum absolute atomic E-state index is 5.96. The molecule has 1 heterocycles. The number of nitrogens with two attached hydrogens (primary N) is 1. The Morgan fingerprint density at radius 3 is 2.80 bits per heavy atom. The van der Waals surface area contributed by atoms with Crippen LogP contribution in [0.1, 0.15) is 31.1 Å². The highest BCUT2D eigenvalue weighted by Gasteiger charge is 2.12. The van der Waals surface area contributed by atoms with Crippen molar-refractivity contribution in [2.75, 3.05) is 0 Å². The van der Waals surface area contributed by atoms with Crippen molar-refractivity contribution in [3.05, 3.63) is 33.9 Å². The molecule has 15 heavy (non-hydrogen) atoms. The van der Waals surface area contributed by atoms with Crippen LogP contribution in [0.2, 0.25) is 0 Å². The van der Waals surface area contributed by atoms with Crippen molar-refractivity contribution in [3.63, 3.8) is 0 Å². The Hall–Kier alpha value is -0.800. The first-order chi connectivity index (χ1) is 7.15. The number of aromatic amines is 1. The third kappa shape index (κ3) is 1.70. The number of aromatic nitrogens is 1. The molecule has 2 nitrogen and oxygen atoms in total. The third-order valence-electron chi connectivity index (χ3n) is 2.71. The van der Waals surface area contributed by atoms with Gasteiger partial charge in [-0.05, 0) is 40.9 Å². The standard InChI is InChI=1S/C12H15BrN2/c1-3-9-12(13)11-8(7(2)14)5-4-6-10(11)15-9/h4-7,15H,3,14H2,1-2H3. The Morgan fingerprint density at radius 2 is 2.20 bits per heavy atom. The van der Waals surface area contributed by atoms with E-state index < -0.39 is 0 Å². The van der Waals surface area contributed by atoms with Gasteiger partial charge in [0, 0.05) is 27.1 Å². The summed E-state index contributed by atoms with van der Waals surface area (Å²) in [6, 6.07) is 6.28. The first-order valence-corrected chi connectivity index (χ1v) is 5.99. The molecule has 3 heteroatoms. The van der Waals surface area contributed by atoms with Crippen molar-refractivity contribution < 1.29 is 0 Å². The van der Waals surface area contributed by atoms with Crippen LogP contribution in [0.4, 0.5) is 0 Å². The van der Waals surface area contributed by atoms with E-state index in [0.717, 1.165) is 16.4 Å². The van der Waals surface area contributed by atoms with E-state index in [1.807, 2.05) is 13.0 Å². The molecular weight excluding hydrogens is 252 g/mol. The number of H-pyrrole nitrogens is 1. The third-order valence-corrected chi connectivity index (χ3v) is 3.59. The molecule has 1 aromatic carbocycles. The molecule has 0 amide bonds. The van der Waals surface area contributed by atoms with Gasteiger partial charge < -0.3 is 10.7 Å². The summed E-state index contributed by atoms with van der Waals surface area (Å²) in [7, 11) is 0. The second kappa shape index (κ2) is 3.99. The molecule has 0 fully saturated rings. The Kier molecular flexibility index (Phi) is 2.85. The quantitative estimate of drug-likeness (QED) is 0.858. The molecule has 0 aliphatic heterocycles. The van der Waals surface area contributed by atoms with Gasteiger partial charge >= 0.3 is 0 Å². The van der Waals surface area contributed by atoms with E-state index in [1.165, 1.54) is 16.6 Å². The number of hydrogen-bond acceptors (Lipinski definition) is 1. The molecule has 80 valence electrons. The summed E-state index contributed by atoms with van der Waals surface area (Å²) in [5.41, 5.74) is 9.55. The minimum absolute atomic E-state index is 0.0607. The van der Waals surface area contributed by atoms with Crippen molar-refractivity contribution in [3.8, 4) is 0 Å². The van der Waals surface area contributed by atoms with Crippen LogP contribution in [-0.2, 0) is 6.42 Å². The van der Waals surface area contributed by atoms with E-state index in [2.05, 4.69) is 40.0 Å². The van der Waals surface area contributed by atoms with E-state index in [0.29, 0.717) is 0 Å². The van der Waals surface area contributed by atoms with Gasteiger partial charge in [0.2, 0.25) is 0 Å². The monoisotopic (exact) mass is 266 g/mol. The lowest BCUT2D eigenvalue weighted by atomic mass is 10.0. The Labute approximate surface area is 98.0 Å². The molecule has 2 rings (SSSR count). The number of aryl methyl sites for hydroxylation is 1. The molecule has 1 atom stereocenters. The topological polar surface area (TPSA) is 41.8 Å². The maximum atomic E-state index is 5.96. The van der Waals surface area contributed by atoms with Crippen LogP contribution in [-0.4, -0.2) is 4.98 Å². The van der Waals surface area contributed by atoms with Crippen molar-refractivity contribution in [1.82, 2.24) is 4.98 Å². The van der Waals surface area contributed by atoms with Gasteiger partial charge in [-0.15, -0.1) is 0 Å². The number of halogens is 1. The largest absolute Gasteiger partial charge is 0.357 e. The summed E-state index contributed by atoms with van der Waals surface area (Å²) >= 11 is 3.64. The number of rotatable bonds is 2. The van der Waals surface area contributed by atoms with Crippen LogP contribution in [0.5, 0.6) is 0 Å². The molecule has 1 aromatic heterocycles. The summed E-state index contributed by atoms with van der Waals surface area (Å²) in [6.45, 7) is 4.15. The molecule has 0 aliphatic rings. The van der Waals surface area contributed by atoms with Gasteiger partial charge in [-0.2, -0.15) is 0 Å². The molecule has 0 radical (unpaired) electrons. The van der Waals surface area contributed by atoms with Crippen molar-refractivity contribution in [1.29, 1.82) is 0 Å². The van der Waals surface area contributed by atoms with Crippen molar-refractivity contribution in [2.45, 2.75) is 26.3 Å². The van der Waals surface area contributed by atoms with Gasteiger partial charge in [-0.3, -0.25) is 0 Å². The summed E-state index contributed by atoms with van der Waals surface area (Å²) in [4.78, 5) is 3.41. The minimum Gasteiger partial charge on any atom is -0.357 e. The summed E-state index contributed by atoms with van der Waals surface area (Å²) in [5.74, 6) is 0. The highest BCUT2D eigenvalue weighted by atomic mass is 79.9. The van der Waals surface area contributed by atoms with Gasteiger partial charge in [-0.1, -0.05) is 19.1 Å². The van der Waals surface area contributed by atoms with Crippen LogP contribution in [0.15, 0.2) is 22.7 Å². The van der Waals surface area contributed by atoms with E-state index in [-0.39, 0.29) is 6.04 Å². The minimum atomic E-state index is 0.0607. The van der Waals surface area contributed by atoms with Crippen LogP contribution in [0.3, 0.4) is 0 Å². The maximum Gasteiger partial charge on any atom is 0.0471 e. The molecule has 0 spiro atoms. The molecule has 1 unspecified atom stereocenters. The highest BCUT2D eigenvalue weighted by Crippen LogP contribution is 2.33. The second-order valence-electron chi connectivity index (χ2n) is 3.83. The fraction of sp³-hybridized carbons (Fsp3) is 0.333. The van der Waals surface area contributed by atoms with E-state index in [1.54, 1.807) is 0 Å². The van der Waals surface area contributed by atoms with E-state index in [4.69, 9.17) is 5.73 Å². The zero-order chi connectivity index (χ0) is 11.0. The molecule has 0 aliphatic carbocycles. The first-order valence-electron chi connectivity index (χ1n) is 5.19. The van der Waals surface area contributed by atoms with E-state index >= 15 is 0 Å². The zero-order valence-corrected chi connectivity index (χ0v) is 10.6. The van der Waals surface area contributed by atoms with Crippen LogP contribution in [0, 0.1) is 0 Å². The number of benzene rings is 1. The fourth-order valence-electron chi connectivity index (χ4n) is 1.91. The van der Waals surface area contributed by atoms with Gasteiger partial charge in [-0.25, -0.2) is 0 Å². The molecular formula is C12H15BrN2. The van der Waals surface area contributed by atoms with Crippen LogP contribution < -0.4 is 5.73 Å². The van der Waals surface area contributed by atoms with Crippen molar-refractivity contribution in [2.24, 2.45) is 5.73 Å². The van der Waals surface area contributed by atoms with Crippen molar-refractivity contribution >= 4 is 26.8 Å². The summed E-state index contributed by atoms with van der Waals surface area (Å²) in [5, 5.41) is 1.23. The predicted molar refractivity (Wildman–Crippen MR) is 68.0 cm³/mol. The Balaban J connectivity index is 2.78. The molecule has 2 aromatic rings. The number of nitrogens with one attached hydrogen (secondary N) is 1. The predicted octanol–water partition coefficient (Wildman–Crippen LogP) is 3.51. The summed E-state index contributed by atoms with van der Waals surface area (Å²) < 4.78 is 1.16. The fourth-order valence-corrected chi connectivity index (χ4v) is 2.73. The number of hydrogen-bond donors (Lipinski definition) is 2. The van der Waals surface area contributed by atoms with Gasteiger partial charge in [0.1, 0.15) is 0 Å². The zero-order valence-electron chi connectivity index (χ0n) is 8.97. The normalized spacial score (nSPS) is 13.3. The second-order valence-corrected chi connectivity index (χ2v) is 4.62. The summed E-state index contributed by atoms with van der Waals surface area (Å²) in [6.07, 6.45) is 0.994. The van der Waals surface area contributed by atoms with Crippen LogP contribution >= 0.6 is 15.9 Å². The highest BCUT2D eigenvalue weighted by molar-refractivity contribution is 9.10. The van der Waals surface area contributed by atoms with Gasteiger partial charge in [0.25, 0.3) is 0 Å². The average Bonchev–Trinajstić information content (AvgIpc) is 2.55. The van der Waals surface area contributed by atoms with E-state index in [9.17, 15) is 0 Å². The lowest BCUT2D eigenvalue weighted by Crippen LogP contribution is -2.05. The Bertz CT molecular complexity index is 486. The molecule has 0 bridgehead atoms. The lowest BCUT2D eigenvalue weighted by molar-refractivity contribution is 0.826. The molecule has 3 N–H and O–H groups in total. The lowest BCUT2D eigenvalue weighted by Gasteiger charge is -2.07. The smallest absolute Gasteiger partial charge is 0.0471 e. The van der Waals surface area contributed by atoms with Gasteiger partial charge in [0.05, 0.1) is 0 Å². The average molecular weight is 267 g/mol. The molecule has 0 saturated heterocycles. The van der Waals surface area contributed by atoms with Gasteiger partial charge in [0.15, 0.2) is 0 Å². The Morgan fingerprint density at radius 1 is 1.47 bits per heavy atom. The first kappa shape index (κ1) is 10.7.